The molecular formula is C13H20N2O2S. The van der Waals surface area contributed by atoms with Gasteiger partial charge in [-0.1, -0.05) is 6.92 Å². The summed E-state index contributed by atoms with van der Waals surface area (Å²) in [6.45, 7) is 3.65. The van der Waals surface area contributed by atoms with Gasteiger partial charge in [0.1, 0.15) is 0 Å². The van der Waals surface area contributed by atoms with Crippen LogP contribution in [-0.4, -0.2) is 29.5 Å². The van der Waals surface area contributed by atoms with Crippen LogP contribution in [0.1, 0.15) is 20.3 Å². The molecule has 2 amide bonds. The highest BCUT2D eigenvalue weighted by atomic mass is 32.2. The van der Waals surface area contributed by atoms with Crippen molar-refractivity contribution >= 4 is 23.5 Å². The number of amides is 2. The molecule has 0 spiro atoms. The minimum Gasteiger partial charge on any atom is -0.394 e. The van der Waals surface area contributed by atoms with Crippen LogP contribution < -0.4 is 10.6 Å². The number of carbonyl (C=O) groups is 1. The topological polar surface area (TPSA) is 61.4 Å². The lowest BCUT2D eigenvalue weighted by atomic mass is 10.0. The van der Waals surface area contributed by atoms with Crippen LogP contribution in [0.4, 0.5) is 10.5 Å². The molecule has 0 fully saturated rings. The van der Waals surface area contributed by atoms with Crippen molar-refractivity contribution in [1.82, 2.24) is 5.32 Å². The smallest absolute Gasteiger partial charge is 0.319 e. The minimum atomic E-state index is -0.580. The maximum Gasteiger partial charge on any atom is 0.319 e. The first-order valence-corrected chi connectivity index (χ1v) is 7.09. The Morgan fingerprint density at radius 2 is 2.00 bits per heavy atom. The second-order valence-corrected chi connectivity index (χ2v) is 5.26. The maximum absolute atomic E-state index is 11.8. The zero-order valence-electron chi connectivity index (χ0n) is 11.0. The molecule has 0 bridgehead atoms. The van der Waals surface area contributed by atoms with Crippen LogP contribution in [0.5, 0.6) is 0 Å². The summed E-state index contributed by atoms with van der Waals surface area (Å²) in [5.41, 5.74) is 0.158. The largest absolute Gasteiger partial charge is 0.394 e. The molecule has 100 valence electrons. The van der Waals surface area contributed by atoms with Gasteiger partial charge in [0.25, 0.3) is 0 Å². The molecule has 3 N–H and O–H groups in total. The van der Waals surface area contributed by atoms with Crippen LogP contribution in [0.25, 0.3) is 0 Å². The van der Waals surface area contributed by atoms with Crippen molar-refractivity contribution in [1.29, 1.82) is 0 Å². The van der Waals surface area contributed by atoms with Crippen LogP contribution >= 0.6 is 11.8 Å². The molecule has 0 saturated heterocycles. The number of hydrogen-bond acceptors (Lipinski definition) is 3. The Bertz CT molecular complexity index is 388. The molecule has 0 saturated carbocycles. The molecule has 0 radical (unpaired) electrons. The van der Waals surface area contributed by atoms with Crippen molar-refractivity contribution in [3.63, 3.8) is 0 Å². The van der Waals surface area contributed by atoms with E-state index in [1.807, 2.05) is 44.4 Å². The molecule has 1 unspecified atom stereocenters. The number of anilines is 1. The van der Waals surface area contributed by atoms with Gasteiger partial charge < -0.3 is 15.7 Å². The molecule has 18 heavy (non-hydrogen) atoms. The van der Waals surface area contributed by atoms with Gasteiger partial charge in [0.05, 0.1) is 12.1 Å². The van der Waals surface area contributed by atoms with Gasteiger partial charge in [-0.15, -0.1) is 11.8 Å². The summed E-state index contributed by atoms with van der Waals surface area (Å²) in [6, 6.07) is 7.31. The third kappa shape index (κ3) is 4.23. The minimum absolute atomic E-state index is 0.0810. The number of benzene rings is 1. The fraction of sp³-hybridized carbons (Fsp3) is 0.462. The van der Waals surface area contributed by atoms with Gasteiger partial charge >= 0.3 is 6.03 Å². The van der Waals surface area contributed by atoms with E-state index < -0.39 is 5.54 Å². The SMILES string of the molecule is CCC(C)(CO)NC(=O)Nc1ccc(SC)cc1. The highest BCUT2D eigenvalue weighted by Crippen LogP contribution is 2.17. The molecule has 0 aliphatic carbocycles. The predicted octanol–water partition coefficient (Wildman–Crippen LogP) is 2.69. The van der Waals surface area contributed by atoms with Crippen LogP contribution in [0.15, 0.2) is 29.2 Å². The first-order chi connectivity index (χ1) is 8.53. The molecule has 4 nitrogen and oxygen atoms in total. The quantitative estimate of drug-likeness (QED) is 0.720. The average Bonchev–Trinajstić information content (AvgIpc) is 2.39. The maximum atomic E-state index is 11.8. The Morgan fingerprint density at radius 1 is 1.39 bits per heavy atom. The van der Waals surface area contributed by atoms with Gasteiger partial charge in [-0.2, -0.15) is 0 Å². The van der Waals surface area contributed by atoms with Crippen molar-refractivity contribution in [3.8, 4) is 0 Å². The lowest BCUT2D eigenvalue weighted by Crippen LogP contribution is -2.50. The zero-order chi connectivity index (χ0) is 13.6. The second kappa shape index (κ2) is 6.66. The number of aliphatic hydroxyl groups is 1. The molecule has 0 aliphatic heterocycles. The Morgan fingerprint density at radius 3 is 2.44 bits per heavy atom. The van der Waals surface area contributed by atoms with Crippen LogP contribution in [-0.2, 0) is 0 Å². The van der Waals surface area contributed by atoms with E-state index in [0.717, 1.165) is 10.6 Å². The molecule has 0 heterocycles. The lowest BCUT2D eigenvalue weighted by Gasteiger charge is -2.27. The lowest BCUT2D eigenvalue weighted by molar-refractivity contribution is 0.172. The predicted molar refractivity (Wildman–Crippen MR) is 76.2 cm³/mol. The van der Waals surface area contributed by atoms with E-state index in [0.29, 0.717) is 6.42 Å². The highest BCUT2D eigenvalue weighted by molar-refractivity contribution is 7.98. The number of hydrogen-bond donors (Lipinski definition) is 3. The standard InChI is InChI=1S/C13H20N2O2S/c1-4-13(2,9-16)15-12(17)14-10-5-7-11(18-3)8-6-10/h5-8,16H,4,9H2,1-3H3,(H2,14,15,17). The number of rotatable bonds is 5. The van der Waals surface area contributed by atoms with Crippen molar-refractivity contribution in [2.45, 2.75) is 30.7 Å². The Hall–Kier alpha value is -1.20. The third-order valence-corrected chi connectivity index (χ3v) is 3.64. The summed E-state index contributed by atoms with van der Waals surface area (Å²) in [5.74, 6) is 0. The van der Waals surface area contributed by atoms with Crippen molar-refractivity contribution < 1.29 is 9.90 Å². The molecule has 1 atom stereocenters. The number of nitrogens with one attached hydrogen (secondary N) is 2. The zero-order valence-corrected chi connectivity index (χ0v) is 11.8. The van der Waals surface area contributed by atoms with Gasteiger partial charge in [-0.05, 0) is 43.9 Å². The van der Waals surface area contributed by atoms with Crippen molar-refractivity contribution in [2.24, 2.45) is 0 Å². The molecule has 0 aromatic heterocycles. The average molecular weight is 268 g/mol. The molecule has 5 heteroatoms. The summed E-state index contributed by atoms with van der Waals surface area (Å²) in [7, 11) is 0. The van der Waals surface area contributed by atoms with E-state index in [4.69, 9.17) is 0 Å². The molecule has 1 aromatic rings. The van der Waals surface area contributed by atoms with E-state index >= 15 is 0 Å². The van der Waals surface area contributed by atoms with E-state index in [-0.39, 0.29) is 12.6 Å². The first-order valence-electron chi connectivity index (χ1n) is 5.87. The van der Waals surface area contributed by atoms with Gasteiger partial charge in [0.15, 0.2) is 0 Å². The summed E-state index contributed by atoms with van der Waals surface area (Å²) in [4.78, 5) is 12.9. The number of carbonyl (C=O) groups excluding carboxylic acids is 1. The Balaban J connectivity index is 2.58. The fourth-order valence-corrected chi connectivity index (χ4v) is 1.76. The number of aliphatic hydroxyl groups excluding tert-OH is 1. The highest BCUT2D eigenvalue weighted by Gasteiger charge is 2.22. The van der Waals surface area contributed by atoms with E-state index in [1.165, 1.54) is 0 Å². The van der Waals surface area contributed by atoms with E-state index in [9.17, 15) is 9.90 Å². The van der Waals surface area contributed by atoms with Crippen LogP contribution in [0.2, 0.25) is 0 Å². The van der Waals surface area contributed by atoms with Crippen molar-refractivity contribution in [3.05, 3.63) is 24.3 Å². The van der Waals surface area contributed by atoms with Crippen molar-refractivity contribution in [2.75, 3.05) is 18.2 Å². The monoisotopic (exact) mass is 268 g/mol. The van der Waals surface area contributed by atoms with Gasteiger partial charge in [0.2, 0.25) is 0 Å². The van der Waals surface area contributed by atoms with Crippen LogP contribution in [0, 0.1) is 0 Å². The second-order valence-electron chi connectivity index (χ2n) is 4.38. The van der Waals surface area contributed by atoms with Crippen LogP contribution in [0.3, 0.4) is 0 Å². The molecule has 0 aliphatic rings. The van der Waals surface area contributed by atoms with Gasteiger partial charge in [-0.25, -0.2) is 4.79 Å². The molecule has 1 rings (SSSR count). The number of thioether (sulfide) groups is 1. The third-order valence-electron chi connectivity index (χ3n) is 2.89. The summed E-state index contributed by atoms with van der Waals surface area (Å²) >= 11 is 1.65. The fourth-order valence-electron chi connectivity index (χ4n) is 1.35. The van der Waals surface area contributed by atoms with E-state index in [1.54, 1.807) is 11.8 Å². The molecular weight excluding hydrogens is 248 g/mol. The number of urea groups is 1. The normalized spacial score (nSPS) is 13.8. The summed E-state index contributed by atoms with van der Waals surface area (Å²) in [5, 5.41) is 14.7. The Labute approximate surface area is 112 Å². The first kappa shape index (κ1) is 14.9. The van der Waals surface area contributed by atoms with Gasteiger partial charge in [0, 0.05) is 10.6 Å². The van der Waals surface area contributed by atoms with Gasteiger partial charge in [-0.3, -0.25) is 0 Å². The Kier molecular flexibility index (Phi) is 5.50. The summed E-state index contributed by atoms with van der Waals surface area (Å²) < 4.78 is 0. The van der Waals surface area contributed by atoms with E-state index in [2.05, 4.69) is 10.6 Å². The molecule has 1 aromatic carbocycles. The summed E-state index contributed by atoms with van der Waals surface area (Å²) in [6.07, 6.45) is 2.67.